The zero-order valence-corrected chi connectivity index (χ0v) is 19.5. The lowest BCUT2D eigenvalue weighted by atomic mass is 9.80. The number of aliphatic carboxylic acids is 1. The largest absolute Gasteiger partial charge is 0.481 e. The lowest BCUT2D eigenvalue weighted by molar-refractivity contribution is -0.385. The van der Waals surface area contributed by atoms with Crippen LogP contribution in [0.25, 0.3) is 10.9 Å². The van der Waals surface area contributed by atoms with E-state index in [1.54, 1.807) is 20.0 Å². The number of halogens is 3. The molecule has 0 bridgehead atoms. The molecule has 1 atom stereocenters. The van der Waals surface area contributed by atoms with Crippen molar-refractivity contribution in [2.75, 3.05) is 5.32 Å². The Morgan fingerprint density at radius 3 is 2.47 bits per heavy atom. The number of nitro groups is 1. The van der Waals surface area contributed by atoms with E-state index in [4.69, 9.17) is 0 Å². The minimum Gasteiger partial charge on any atom is -0.481 e. The molecule has 0 amide bonds. The predicted molar refractivity (Wildman–Crippen MR) is 125 cm³/mol. The van der Waals surface area contributed by atoms with Gasteiger partial charge in [-0.1, -0.05) is 0 Å². The van der Waals surface area contributed by atoms with Crippen LogP contribution < -0.4 is 5.32 Å². The van der Waals surface area contributed by atoms with Gasteiger partial charge in [-0.25, -0.2) is 9.97 Å². The van der Waals surface area contributed by atoms with E-state index in [2.05, 4.69) is 20.3 Å². The van der Waals surface area contributed by atoms with Crippen molar-refractivity contribution in [3.63, 3.8) is 0 Å². The van der Waals surface area contributed by atoms with Gasteiger partial charge in [0.25, 0.3) is 5.69 Å². The maximum absolute atomic E-state index is 13.3. The molecule has 190 valence electrons. The normalized spacial score (nSPS) is 19.1. The third-order valence-corrected chi connectivity index (χ3v) is 6.54. The van der Waals surface area contributed by atoms with Crippen molar-refractivity contribution in [1.29, 1.82) is 0 Å². The van der Waals surface area contributed by atoms with Crippen LogP contribution in [0, 0.1) is 23.0 Å². The Labute approximate surface area is 203 Å². The highest BCUT2D eigenvalue weighted by atomic mass is 19.4. The van der Waals surface area contributed by atoms with Crippen LogP contribution in [0.5, 0.6) is 0 Å². The van der Waals surface area contributed by atoms with E-state index in [1.807, 2.05) is 6.07 Å². The summed E-state index contributed by atoms with van der Waals surface area (Å²) in [4.78, 5) is 35.0. The van der Waals surface area contributed by atoms with Gasteiger partial charge in [0.15, 0.2) is 0 Å². The van der Waals surface area contributed by atoms with E-state index in [-0.39, 0.29) is 17.4 Å². The number of non-ortho nitro benzene ring substituents is 1. The van der Waals surface area contributed by atoms with Crippen LogP contribution in [-0.2, 0) is 11.0 Å². The van der Waals surface area contributed by atoms with E-state index >= 15 is 0 Å². The number of nitro benzene ring substituents is 1. The zero-order valence-electron chi connectivity index (χ0n) is 19.5. The highest BCUT2D eigenvalue weighted by Gasteiger charge is 2.33. The van der Waals surface area contributed by atoms with E-state index in [1.165, 1.54) is 0 Å². The summed E-state index contributed by atoms with van der Waals surface area (Å²) in [5.41, 5.74) is -0.366. The van der Waals surface area contributed by atoms with Gasteiger partial charge in [-0.2, -0.15) is 13.2 Å². The first-order chi connectivity index (χ1) is 16.9. The van der Waals surface area contributed by atoms with E-state index in [0.717, 1.165) is 17.8 Å². The number of benzene rings is 1. The molecule has 2 N–H and O–H groups in total. The number of carboxylic acids is 1. The number of carbonyl (C=O) groups is 1. The molecule has 3 aromatic rings. The molecule has 36 heavy (non-hydrogen) atoms. The number of nitrogens with zero attached hydrogens (tertiary/aromatic N) is 4. The molecule has 0 saturated heterocycles. The SMILES string of the molecule is Cc1nc(NC(C)c2cc([N+](=O)[O-])cc(C(F)(F)F)c2)c2cc([C@H]3CC[C@H](C(=O)O)CC3)ncc2n1. The second-order valence-electron chi connectivity index (χ2n) is 9.07. The maximum Gasteiger partial charge on any atom is 0.416 e. The van der Waals surface area contributed by atoms with Crippen LogP contribution in [0.4, 0.5) is 24.7 Å². The quantitative estimate of drug-likeness (QED) is 0.319. The number of pyridine rings is 1. The first-order valence-corrected chi connectivity index (χ1v) is 11.4. The van der Waals surface area contributed by atoms with Gasteiger partial charge in [0, 0.05) is 29.1 Å². The predicted octanol–water partition coefficient (Wildman–Crippen LogP) is 5.79. The minimum atomic E-state index is -4.74. The summed E-state index contributed by atoms with van der Waals surface area (Å²) < 4.78 is 40.0. The summed E-state index contributed by atoms with van der Waals surface area (Å²) >= 11 is 0. The van der Waals surface area contributed by atoms with Crippen molar-refractivity contribution in [1.82, 2.24) is 15.0 Å². The molecule has 2 aromatic heterocycles. The molecule has 1 aromatic carbocycles. The highest BCUT2D eigenvalue weighted by molar-refractivity contribution is 5.89. The molecule has 1 aliphatic rings. The highest BCUT2D eigenvalue weighted by Crippen LogP contribution is 2.38. The molecular formula is C24H24F3N5O4. The third kappa shape index (κ3) is 5.37. The lowest BCUT2D eigenvalue weighted by Gasteiger charge is -2.26. The lowest BCUT2D eigenvalue weighted by Crippen LogP contribution is -2.21. The molecule has 0 radical (unpaired) electrons. The summed E-state index contributed by atoms with van der Waals surface area (Å²) in [7, 11) is 0. The summed E-state index contributed by atoms with van der Waals surface area (Å²) in [5.74, 6) is -0.291. The molecule has 1 fully saturated rings. The first-order valence-electron chi connectivity index (χ1n) is 11.4. The van der Waals surface area contributed by atoms with Gasteiger partial charge < -0.3 is 10.4 Å². The van der Waals surface area contributed by atoms with Crippen LogP contribution in [0.2, 0.25) is 0 Å². The number of alkyl halides is 3. The topological polar surface area (TPSA) is 131 Å². The summed E-state index contributed by atoms with van der Waals surface area (Å²) in [6.07, 6.45) is -0.668. The van der Waals surface area contributed by atoms with Gasteiger partial charge in [0.2, 0.25) is 0 Å². The average Bonchev–Trinajstić information content (AvgIpc) is 2.83. The Balaban J connectivity index is 1.67. The van der Waals surface area contributed by atoms with Crippen LogP contribution in [-0.4, -0.2) is 31.0 Å². The van der Waals surface area contributed by atoms with Crippen LogP contribution in [0.15, 0.2) is 30.5 Å². The number of aromatic nitrogens is 3. The second kappa shape index (κ2) is 9.67. The monoisotopic (exact) mass is 503 g/mol. The standard InChI is InChI=1S/C24H24F3N5O4/c1-12(16-7-17(24(25,26)27)9-18(8-16)32(35)36)29-22-19-10-20(28-11-21(19)30-13(2)31-22)14-3-5-15(6-4-14)23(33)34/h7-12,14-15H,3-6H2,1-2H3,(H,33,34)(H,29,30,31)/t12?,14-,15-. The summed E-state index contributed by atoms with van der Waals surface area (Å²) in [6.45, 7) is 3.27. The van der Waals surface area contributed by atoms with Crippen molar-refractivity contribution in [2.45, 2.75) is 57.7 Å². The fraction of sp³-hybridized carbons (Fsp3) is 0.417. The van der Waals surface area contributed by atoms with E-state index < -0.39 is 34.4 Å². The van der Waals surface area contributed by atoms with Gasteiger partial charge >= 0.3 is 12.1 Å². The van der Waals surface area contributed by atoms with Crippen LogP contribution in [0.1, 0.15) is 67.2 Å². The Morgan fingerprint density at radius 1 is 1.17 bits per heavy atom. The number of rotatable bonds is 6. The Bertz CT molecular complexity index is 1320. The number of nitrogens with one attached hydrogen (secondary N) is 1. The Kier molecular flexibility index (Phi) is 6.79. The third-order valence-electron chi connectivity index (χ3n) is 6.54. The first kappa shape index (κ1) is 25.3. The number of aryl methyl sites for hydroxylation is 1. The number of carboxylic acid groups (broad SMARTS) is 1. The molecule has 1 saturated carbocycles. The van der Waals surface area contributed by atoms with Gasteiger partial charge in [-0.05, 0) is 57.2 Å². The molecular weight excluding hydrogens is 479 g/mol. The van der Waals surface area contributed by atoms with Gasteiger partial charge in [-0.15, -0.1) is 0 Å². The Hall–Kier alpha value is -3.83. The average molecular weight is 503 g/mol. The summed E-state index contributed by atoms with van der Waals surface area (Å²) in [6, 6.07) is 3.58. The molecule has 0 aliphatic heterocycles. The number of fused-ring (bicyclic) bond motifs is 1. The fourth-order valence-corrected chi connectivity index (χ4v) is 4.58. The molecule has 4 rings (SSSR count). The number of anilines is 1. The zero-order chi connectivity index (χ0) is 26.2. The van der Waals surface area contributed by atoms with Crippen molar-refractivity contribution in [3.05, 3.63) is 63.2 Å². The van der Waals surface area contributed by atoms with Crippen molar-refractivity contribution in [3.8, 4) is 0 Å². The second-order valence-corrected chi connectivity index (χ2v) is 9.07. The molecule has 0 spiro atoms. The number of hydrogen-bond donors (Lipinski definition) is 2. The molecule has 12 heteroatoms. The Morgan fingerprint density at radius 2 is 1.86 bits per heavy atom. The number of hydrogen-bond acceptors (Lipinski definition) is 7. The van der Waals surface area contributed by atoms with Crippen molar-refractivity contribution in [2.24, 2.45) is 5.92 Å². The van der Waals surface area contributed by atoms with Crippen molar-refractivity contribution < 1.29 is 28.0 Å². The smallest absolute Gasteiger partial charge is 0.416 e. The fourth-order valence-electron chi connectivity index (χ4n) is 4.58. The van der Waals surface area contributed by atoms with Gasteiger partial charge in [0.1, 0.15) is 11.6 Å². The minimum absolute atomic E-state index is 0.0719. The molecule has 9 nitrogen and oxygen atoms in total. The van der Waals surface area contributed by atoms with Crippen LogP contribution >= 0.6 is 0 Å². The van der Waals surface area contributed by atoms with Crippen molar-refractivity contribution >= 4 is 28.4 Å². The molecule has 2 heterocycles. The maximum atomic E-state index is 13.3. The molecule has 1 unspecified atom stereocenters. The summed E-state index contributed by atoms with van der Waals surface area (Å²) in [5, 5.41) is 24.2. The van der Waals surface area contributed by atoms with E-state index in [9.17, 15) is 33.2 Å². The van der Waals surface area contributed by atoms with Crippen LogP contribution in [0.3, 0.4) is 0 Å². The van der Waals surface area contributed by atoms with Gasteiger partial charge in [-0.3, -0.25) is 19.9 Å². The van der Waals surface area contributed by atoms with Gasteiger partial charge in [0.05, 0.1) is 34.2 Å². The van der Waals surface area contributed by atoms with E-state index in [0.29, 0.717) is 54.3 Å². The molecule has 1 aliphatic carbocycles.